The van der Waals surface area contributed by atoms with Gasteiger partial charge in [-0.05, 0) is 15.9 Å². The van der Waals surface area contributed by atoms with Gasteiger partial charge in [0.1, 0.15) is 5.69 Å². The summed E-state index contributed by atoms with van der Waals surface area (Å²) in [6, 6.07) is 0.752. The Morgan fingerprint density at radius 2 is 1.94 bits per heavy atom. The molecule has 0 aliphatic heterocycles. The van der Waals surface area contributed by atoms with Crippen LogP contribution in [-0.4, -0.2) is 11.3 Å². The number of aromatic nitrogens is 1. The van der Waals surface area contributed by atoms with E-state index in [0.29, 0.717) is 0 Å². The van der Waals surface area contributed by atoms with Gasteiger partial charge in [0.15, 0.2) is 0 Å². The molecule has 0 aliphatic carbocycles. The van der Waals surface area contributed by atoms with E-state index in [-0.39, 0.29) is 4.47 Å². The van der Waals surface area contributed by atoms with E-state index >= 15 is 0 Å². The Morgan fingerprint density at radius 1 is 1.38 bits per heavy atom. The van der Waals surface area contributed by atoms with Crippen LogP contribution in [-0.2, 0) is 0 Å². The van der Waals surface area contributed by atoms with E-state index in [0.717, 1.165) is 6.07 Å². The van der Waals surface area contributed by atoms with Gasteiger partial charge in [0.2, 0.25) is 5.88 Å². The summed E-state index contributed by atoms with van der Waals surface area (Å²) in [5.41, 5.74) is -0.977. The van der Waals surface area contributed by atoms with Gasteiger partial charge in [0.25, 0.3) is 6.43 Å². The molecule has 0 fully saturated rings. The minimum absolute atomic E-state index is 0.154. The van der Waals surface area contributed by atoms with Crippen molar-refractivity contribution in [1.82, 2.24) is 4.98 Å². The molecule has 1 aromatic heterocycles. The Hall–Kier alpha value is -0.630. The summed E-state index contributed by atoms with van der Waals surface area (Å²) in [5, 5.41) is -0.454. The maximum Gasteiger partial charge on any atom is 0.574 e. The molecule has 0 N–H and O–H groups in total. The standard InChI is InChI=1S/C7H2BrClF5NO/c8-2-1-3(16-7(12,13)14)15-5(4(2)9)6(10)11/h1,6H. The fourth-order valence-electron chi connectivity index (χ4n) is 0.810. The highest BCUT2D eigenvalue weighted by molar-refractivity contribution is 9.10. The van der Waals surface area contributed by atoms with Crippen LogP contribution >= 0.6 is 27.5 Å². The minimum atomic E-state index is -5.00. The summed E-state index contributed by atoms with van der Waals surface area (Å²) in [4.78, 5) is 2.96. The van der Waals surface area contributed by atoms with Crippen LogP contribution in [0.4, 0.5) is 22.0 Å². The molecule has 0 bridgehead atoms. The van der Waals surface area contributed by atoms with Crippen molar-refractivity contribution < 1.29 is 26.7 Å². The molecule has 0 atom stereocenters. The van der Waals surface area contributed by atoms with Gasteiger partial charge in [-0.3, -0.25) is 0 Å². The van der Waals surface area contributed by atoms with Gasteiger partial charge in [-0.2, -0.15) is 0 Å². The lowest BCUT2D eigenvalue weighted by atomic mass is 10.3. The van der Waals surface area contributed by atoms with Crippen molar-refractivity contribution in [2.75, 3.05) is 0 Å². The second-order valence-electron chi connectivity index (χ2n) is 2.49. The van der Waals surface area contributed by atoms with Gasteiger partial charge in [0, 0.05) is 10.5 Å². The number of alkyl halides is 5. The highest BCUT2D eigenvalue weighted by atomic mass is 79.9. The Balaban J connectivity index is 3.14. The first-order valence-corrected chi connectivity index (χ1v) is 4.77. The zero-order valence-electron chi connectivity index (χ0n) is 7.16. The first-order chi connectivity index (χ1) is 7.20. The summed E-state index contributed by atoms with van der Waals surface area (Å²) < 4.78 is 63.3. The van der Waals surface area contributed by atoms with Crippen molar-refractivity contribution in [3.63, 3.8) is 0 Å². The van der Waals surface area contributed by atoms with Crippen LogP contribution in [0.3, 0.4) is 0 Å². The molecule has 1 heterocycles. The van der Waals surface area contributed by atoms with E-state index in [4.69, 9.17) is 11.6 Å². The molecule has 0 aliphatic rings. The first kappa shape index (κ1) is 13.4. The normalized spacial score (nSPS) is 12.0. The minimum Gasteiger partial charge on any atom is -0.388 e. The Morgan fingerprint density at radius 3 is 2.38 bits per heavy atom. The predicted molar refractivity (Wildman–Crippen MR) is 48.6 cm³/mol. The zero-order valence-corrected chi connectivity index (χ0v) is 9.50. The largest absolute Gasteiger partial charge is 0.574 e. The molecule has 9 heteroatoms. The Kier molecular flexibility index (Phi) is 3.95. The maximum absolute atomic E-state index is 12.3. The summed E-state index contributed by atoms with van der Waals surface area (Å²) in [6.45, 7) is 0. The van der Waals surface area contributed by atoms with E-state index in [1.165, 1.54) is 0 Å². The monoisotopic (exact) mass is 325 g/mol. The van der Waals surface area contributed by atoms with Gasteiger partial charge in [-0.1, -0.05) is 11.6 Å². The van der Waals surface area contributed by atoms with Crippen molar-refractivity contribution in [3.05, 3.63) is 21.3 Å². The second-order valence-corrected chi connectivity index (χ2v) is 3.72. The van der Waals surface area contributed by atoms with Crippen molar-refractivity contribution in [2.45, 2.75) is 12.8 Å². The topological polar surface area (TPSA) is 22.1 Å². The average molecular weight is 326 g/mol. The van der Waals surface area contributed by atoms with Crippen molar-refractivity contribution in [3.8, 4) is 5.88 Å². The molecule has 16 heavy (non-hydrogen) atoms. The number of rotatable bonds is 2. The lowest BCUT2D eigenvalue weighted by Gasteiger charge is -2.11. The fraction of sp³-hybridized carbons (Fsp3) is 0.286. The van der Waals surface area contributed by atoms with Crippen molar-refractivity contribution in [1.29, 1.82) is 0 Å². The molecular formula is C7H2BrClF5NO. The van der Waals surface area contributed by atoms with Crippen molar-refractivity contribution >= 4 is 27.5 Å². The van der Waals surface area contributed by atoms with Crippen LogP contribution in [0, 0.1) is 0 Å². The molecule has 1 aromatic rings. The SMILES string of the molecule is FC(F)c1nc(OC(F)(F)F)cc(Br)c1Cl. The lowest BCUT2D eigenvalue weighted by molar-refractivity contribution is -0.276. The fourth-order valence-corrected chi connectivity index (χ4v) is 1.39. The van der Waals surface area contributed by atoms with Gasteiger partial charge in [-0.25, -0.2) is 13.8 Å². The number of hydrogen-bond acceptors (Lipinski definition) is 2. The highest BCUT2D eigenvalue weighted by Gasteiger charge is 2.32. The van der Waals surface area contributed by atoms with Gasteiger partial charge < -0.3 is 4.74 Å². The molecule has 0 unspecified atom stereocenters. The number of pyridine rings is 1. The van der Waals surface area contributed by atoms with Gasteiger partial charge >= 0.3 is 6.36 Å². The van der Waals surface area contributed by atoms with E-state index in [9.17, 15) is 22.0 Å². The van der Waals surface area contributed by atoms with E-state index in [2.05, 4.69) is 25.7 Å². The van der Waals surface area contributed by atoms with Crippen molar-refractivity contribution in [2.24, 2.45) is 0 Å². The average Bonchev–Trinajstić information content (AvgIpc) is 2.07. The molecule has 90 valence electrons. The molecule has 2 nitrogen and oxygen atoms in total. The van der Waals surface area contributed by atoms with Crippen LogP contribution in [0.2, 0.25) is 5.02 Å². The van der Waals surface area contributed by atoms with Gasteiger partial charge in [-0.15, -0.1) is 13.2 Å². The number of halogens is 7. The zero-order chi connectivity index (χ0) is 12.5. The van der Waals surface area contributed by atoms with Crippen LogP contribution < -0.4 is 4.74 Å². The summed E-state index contributed by atoms with van der Waals surface area (Å²) in [7, 11) is 0. The van der Waals surface area contributed by atoms with Crippen LogP contribution in [0.15, 0.2) is 10.5 Å². The highest BCUT2D eigenvalue weighted by Crippen LogP contribution is 2.35. The number of ether oxygens (including phenoxy) is 1. The molecule has 0 saturated heterocycles. The Bertz CT molecular complexity index is 397. The Labute approximate surface area is 99.5 Å². The third-order valence-corrected chi connectivity index (χ3v) is 2.59. The summed E-state index contributed by atoms with van der Waals surface area (Å²) in [6.07, 6.45) is -8.10. The molecule has 0 spiro atoms. The van der Waals surface area contributed by atoms with E-state index in [1.807, 2.05) is 0 Å². The molecular weight excluding hydrogens is 324 g/mol. The van der Waals surface area contributed by atoms with Gasteiger partial charge in [0.05, 0.1) is 5.02 Å². The quantitative estimate of drug-likeness (QED) is 0.755. The van der Waals surface area contributed by atoms with Crippen LogP contribution in [0.1, 0.15) is 12.1 Å². The molecule has 0 amide bonds. The predicted octanol–water partition coefficient (Wildman–Crippen LogP) is 4.33. The van der Waals surface area contributed by atoms with Crippen LogP contribution in [0.5, 0.6) is 5.88 Å². The van der Waals surface area contributed by atoms with E-state index in [1.54, 1.807) is 0 Å². The van der Waals surface area contributed by atoms with E-state index < -0.39 is 29.4 Å². The molecule has 0 aromatic carbocycles. The first-order valence-electron chi connectivity index (χ1n) is 3.60. The number of hydrogen-bond donors (Lipinski definition) is 0. The smallest absolute Gasteiger partial charge is 0.388 e. The lowest BCUT2D eigenvalue weighted by Crippen LogP contribution is -2.18. The molecule has 0 radical (unpaired) electrons. The second kappa shape index (κ2) is 4.70. The molecule has 1 rings (SSSR count). The molecule has 0 saturated carbocycles. The maximum atomic E-state index is 12.3. The summed E-state index contributed by atoms with van der Waals surface area (Å²) >= 11 is 8.13. The third kappa shape index (κ3) is 3.44. The number of nitrogens with zero attached hydrogens (tertiary/aromatic N) is 1. The third-order valence-electron chi connectivity index (χ3n) is 1.34. The summed E-state index contributed by atoms with van der Waals surface area (Å²) in [5.74, 6) is -1.00. The van der Waals surface area contributed by atoms with Crippen LogP contribution in [0.25, 0.3) is 0 Å².